The van der Waals surface area contributed by atoms with Crippen LogP contribution in [0.1, 0.15) is 0 Å². The summed E-state index contributed by atoms with van der Waals surface area (Å²) in [5.41, 5.74) is 0. The Labute approximate surface area is 62.2 Å². The van der Waals surface area contributed by atoms with E-state index in [0.717, 1.165) is 0 Å². The van der Waals surface area contributed by atoms with Gasteiger partial charge >= 0.3 is 35.4 Å². The zero-order valence-electron chi connectivity index (χ0n) is 3.65. The molecule has 0 N–H and O–H groups in total. The summed E-state index contributed by atoms with van der Waals surface area (Å²) < 4.78 is 62.9. The summed E-state index contributed by atoms with van der Waals surface area (Å²) in [5.74, 6) is 0. The molecule has 0 fully saturated rings. The molecular weight excluding hydrogens is 245 g/mol. The van der Waals surface area contributed by atoms with Crippen LogP contribution in [0, 0.1) is 0 Å². The third-order valence-corrected chi connectivity index (χ3v) is 0.371. The van der Waals surface area contributed by atoms with Gasteiger partial charge in [-0.3, -0.25) is 0 Å². The molecule has 0 aliphatic heterocycles. The largest absolute Gasteiger partial charge is 1.00 e. The van der Waals surface area contributed by atoms with Gasteiger partial charge in [0.15, 0.2) is 0 Å². The topological polar surface area (TPSA) is 0 Å². The van der Waals surface area contributed by atoms with Crippen molar-refractivity contribution >= 4 is 6.98 Å². The Kier molecular flexibility index (Phi) is 4.01. The van der Waals surface area contributed by atoms with Gasteiger partial charge in [-0.15, -0.1) is 0 Å². The summed E-state index contributed by atoms with van der Waals surface area (Å²) in [6.45, 7) is -6.65. The van der Waals surface area contributed by atoms with Crippen LogP contribution >= 0.6 is 0 Å². The minimum Gasteiger partial charge on any atom is -0.443 e. The van der Waals surface area contributed by atoms with Gasteiger partial charge in [-0.2, -0.15) is 0 Å². The number of rotatable bonds is 0. The molecule has 0 nitrogen and oxygen atoms in total. The summed E-state index contributed by atoms with van der Waals surface area (Å²) in [7, 11) is 0. The molecule has 0 aliphatic rings. The molecule has 0 heterocycles. The van der Waals surface area contributed by atoms with E-state index in [1.54, 1.807) is 0 Å². The third-order valence-electron chi connectivity index (χ3n) is 0.371. The van der Waals surface area contributed by atoms with Gasteiger partial charge in [0, 0.05) is 0 Å². The quantitative estimate of drug-likeness (QED) is 0.451. The van der Waals surface area contributed by atoms with Gasteiger partial charge in [0.1, 0.15) is 0 Å². The molecule has 0 amide bonds. The molecule has 0 saturated heterocycles. The predicted octanol–water partition coefficient (Wildman–Crippen LogP) is 1.93. The van der Waals surface area contributed by atoms with Gasteiger partial charge < -0.3 is 12.9 Å². The molecule has 0 radical (unpaired) electrons. The van der Waals surface area contributed by atoms with Crippen molar-refractivity contribution in [1.29, 1.82) is 0 Å². The van der Waals surface area contributed by atoms with Crippen molar-refractivity contribution in [1.82, 2.24) is 0 Å². The van der Waals surface area contributed by atoms with Crippen LogP contribution in [0.5, 0.6) is 0 Å². The van der Waals surface area contributed by atoms with E-state index in [1.165, 1.54) is 0 Å². The molecule has 0 aromatic rings. The fourth-order valence-electron chi connectivity index (χ4n) is 0. The number of alkyl halides is 3. The van der Waals surface area contributed by atoms with Crippen molar-refractivity contribution in [2.45, 2.75) is 6.08 Å². The first kappa shape index (κ1) is 12.1. The van der Waals surface area contributed by atoms with Crippen molar-refractivity contribution in [2.75, 3.05) is 0 Å². The molecule has 0 saturated carbocycles. The first-order valence-electron chi connectivity index (χ1n) is 1.51. The van der Waals surface area contributed by atoms with Crippen LogP contribution < -0.4 is 0 Å². The van der Waals surface area contributed by atoms with Crippen LogP contribution in [0.4, 0.5) is 26.1 Å². The smallest absolute Gasteiger partial charge is 0.443 e. The van der Waals surface area contributed by atoms with Crippen LogP contribution in [0.25, 0.3) is 0 Å². The van der Waals surface area contributed by atoms with Gasteiger partial charge in [-0.05, 0) is 0 Å². The molecule has 0 aliphatic carbocycles. The van der Waals surface area contributed by atoms with E-state index in [2.05, 4.69) is 0 Å². The maximum absolute atomic E-state index is 10.5. The zero-order valence-corrected chi connectivity index (χ0v) is 5.13. The Morgan fingerprint density at radius 1 is 0.889 bits per heavy atom. The summed E-state index contributed by atoms with van der Waals surface area (Å²) in [4.78, 5) is 0. The number of hydrogen-bond acceptors (Lipinski definition) is 0. The SMILES string of the molecule is F[B-](F)(F)C(F)(F)F.[Ag+]. The fourth-order valence-corrected chi connectivity index (χ4v) is 0. The van der Waals surface area contributed by atoms with Crippen LogP contribution in [-0.2, 0) is 22.4 Å². The van der Waals surface area contributed by atoms with Crippen LogP contribution in [-0.4, -0.2) is 13.1 Å². The monoisotopic (exact) mass is 244 g/mol. The summed E-state index contributed by atoms with van der Waals surface area (Å²) in [6.07, 6.45) is -6.00. The molecule has 9 heavy (non-hydrogen) atoms. The van der Waals surface area contributed by atoms with E-state index in [0.29, 0.717) is 0 Å². The first-order chi connectivity index (χ1) is 3.25. The maximum Gasteiger partial charge on any atom is 1.00 e. The molecule has 0 atom stereocenters. The Balaban J connectivity index is 0. The number of hydrogen-bond donors (Lipinski definition) is 0. The maximum atomic E-state index is 10.5. The van der Waals surface area contributed by atoms with Crippen LogP contribution in [0.15, 0.2) is 0 Å². The number of halogens is 6. The normalized spacial score (nSPS) is 12.7. The van der Waals surface area contributed by atoms with Crippen LogP contribution in [0.2, 0.25) is 0 Å². The van der Waals surface area contributed by atoms with Gasteiger partial charge in [-0.1, -0.05) is 0 Å². The van der Waals surface area contributed by atoms with Crippen molar-refractivity contribution in [3.63, 3.8) is 0 Å². The summed E-state index contributed by atoms with van der Waals surface area (Å²) >= 11 is 0. The van der Waals surface area contributed by atoms with E-state index in [1.807, 2.05) is 0 Å². The minimum atomic E-state index is -6.65. The van der Waals surface area contributed by atoms with Crippen molar-refractivity contribution < 1.29 is 48.5 Å². The van der Waals surface area contributed by atoms with Crippen molar-refractivity contribution in [2.24, 2.45) is 0 Å². The second-order valence-corrected chi connectivity index (χ2v) is 1.12. The molecule has 0 unspecified atom stereocenters. The Morgan fingerprint density at radius 3 is 1.00 bits per heavy atom. The van der Waals surface area contributed by atoms with Crippen molar-refractivity contribution in [3.8, 4) is 0 Å². The van der Waals surface area contributed by atoms with E-state index in [-0.39, 0.29) is 22.4 Å². The van der Waals surface area contributed by atoms with Gasteiger partial charge in [-0.25, -0.2) is 13.2 Å². The standard InChI is InChI=1S/CBF6.Ag/c3-1(4,5)2(6,7)8;/q-1;+1. The average molecular weight is 245 g/mol. The molecule has 0 spiro atoms. The minimum absolute atomic E-state index is 0. The third kappa shape index (κ3) is 3.88. The van der Waals surface area contributed by atoms with E-state index in [9.17, 15) is 26.1 Å². The predicted molar refractivity (Wildman–Crippen MR) is 15.1 cm³/mol. The van der Waals surface area contributed by atoms with E-state index in [4.69, 9.17) is 0 Å². The Morgan fingerprint density at radius 2 is 1.00 bits per heavy atom. The molecular formula is CAgBF6. The second kappa shape index (κ2) is 2.98. The van der Waals surface area contributed by atoms with Gasteiger partial charge in [0.05, 0.1) is 0 Å². The fraction of sp³-hybridized carbons (Fsp3) is 1.00. The molecule has 0 rings (SSSR count). The summed E-state index contributed by atoms with van der Waals surface area (Å²) in [5, 5.41) is 0. The second-order valence-electron chi connectivity index (χ2n) is 1.12. The Hall–Kier alpha value is 0.385. The molecule has 60 valence electrons. The molecule has 0 aromatic carbocycles. The zero-order chi connectivity index (χ0) is 7.00. The van der Waals surface area contributed by atoms with E-state index >= 15 is 0 Å². The average Bonchev–Trinajstić information content (AvgIpc) is 1.25. The van der Waals surface area contributed by atoms with Crippen molar-refractivity contribution in [3.05, 3.63) is 0 Å². The van der Waals surface area contributed by atoms with Crippen LogP contribution in [0.3, 0.4) is 0 Å². The Bertz CT molecular complexity index is 68.0. The summed E-state index contributed by atoms with van der Waals surface area (Å²) in [6, 6.07) is 0. The molecule has 8 heteroatoms. The molecule has 0 aromatic heterocycles. The first-order valence-corrected chi connectivity index (χ1v) is 1.51. The molecule has 0 bridgehead atoms. The van der Waals surface area contributed by atoms with Gasteiger partial charge in [0.25, 0.3) is 0 Å². The van der Waals surface area contributed by atoms with Gasteiger partial charge in [0.2, 0.25) is 0 Å². The van der Waals surface area contributed by atoms with E-state index < -0.39 is 13.1 Å².